The number of nitrogens with one attached hydrogen (secondary N) is 2. The van der Waals surface area contributed by atoms with E-state index in [4.69, 9.17) is 0 Å². The van der Waals surface area contributed by atoms with Gasteiger partial charge in [-0.2, -0.15) is 13.2 Å². The van der Waals surface area contributed by atoms with Gasteiger partial charge < -0.3 is 14.8 Å². The summed E-state index contributed by atoms with van der Waals surface area (Å²) >= 11 is 0. The Hall–Kier alpha value is -2.29. The fourth-order valence-corrected chi connectivity index (χ4v) is 1.82. The number of aryl methyl sites for hydroxylation is 1. The maximum absolute atomic E-state index is 13.4. The Bertz CT molecular complexity index is 575. The first kappa shape index (κ1) is 19.8. The van der Waals surface area contributed by atoms with Crippen LogP contribution < -0.4 is 10.6 Å². The molecule has 0 fully saturated rings. The minimum Gasteiger partial charge on any atom is -0.462 e. The lowest BCUT2D eigenvalue weighted by Gasteiger charge is -2.33. The molecule has 0 aliphatic carbocycles. The first-order chi connectivity index (χ1) is 11.2. The maximum Gasteiger partial charge on any atom is 0.448 e. The molecule has 1 atom stereocenters. The molecule has 0 saturated carbocycles. The molecule has 134 valence electrons. The summed E-state index contributed by atoms with van der Waals surface area (Å²) in [4.78, 5) is 23.8. The van der Waals surface area contributed by atoms with Crippen molar-refractivity contribution < 1.29 is 32.2 Å². The van der Waals surface area contributed by atoms with Gasteiger partial charge in [-0.25, -0.2) is 9.59 Å². The van der Waals surface area contributed by atoms with Crippen molar-refractivity contribution in [3.05, 3.63) is 29.8 Å². The van der Waals surface area contributed by atoms with Crippen LogP contribution in [0.3, 0.4) is 0 Å². The molecule has 0 bridgehead atoms. The van der Waals surface area contributed by atoms with E-state index in [-0.39, 0.29) is 12.3 Å². The normalized spacial score (nSPS) is 13.8. The highest BCUT2D eigenvalue weighted by molar-refractivity contribution is 5.94. The number of alkyl halides is 3. The Morgan fingerprint density at radius 3 is 2.12 bits per heavy atom. The molecule has 6 nitrogen and oxygen atoms in total. The number of anilines is 1. The van der Waals surface area contributed by atoms with E-state index < -0.39 is 30.5 Å². The van der Waals surface area contributed by atoms with E-state index in [1.165, 1.54) is 26.0 Å². The van der Waals surface area contributed by atoms with Crippen LogP contribution in [0.4, 0.5) is 23.7 Å². The van der Waals surface area contributed by atoms with Crippen molar-refractivity contribution in [1.82, 2.24) is 5.32 Å². The van der Waals surface area contributed by atoms with Crippen LogP contribution in [0.15, 0.2) is 24.3 Å². The number of esters is 1. The van der Waals surface area contributed by atoms with Crippen molar-refractivity contribution in [2.24, 2.45) is 0 Å². The van der Waals surface area contributed by atoms with E-state index in [9.17, 15) is 22.8 Å². The summed E-state index contributed by atoms with van der Waals surface area (Å²) in [6.07, 6.45) is -5.21. The molecule has 0 heterocycles. The highest BCUT2D eigenvalue weighted by Crippen LogP contribution is 2.33. The fraction of sp³-hybridized carbons (Fsp3) is 0.467. The molecule has 0 radical (unpaired) electrons. The van der Waals surface area contributed by atoms with Gasteiger partial charge in [0.15, 0.2) is 0 Å². The molecule has 2 N–H and O–H groups in total. The van der Waals surface area contributed by atoms with Crippen LogP contribution in [0.25, 0.3) is 0 Å². The van der Waals surface area contributed by atoms with E-state index in [1.54, 1.807) is 17.4 Å². The van der Waals surface area contributed by atoms with Crippen molar-refractivity contribution in [3.63, 3.8) is 0 Å². The Morgan fingerprint density at radius 1 is 1.08 bits per heavy atom. The average Bonchev–Trinajstić information content (AvgIpc) is 2.48. The summed E-state index contributed by atoms with van der Waals surface area (Å²) in [5.41, 5.74) is -2.41. The van der Waals surface area contributed by atoms with Crippen LogP contribution in [0.1, 0.15) is 19.4 Å². The van der Waals surface area contributed by atoms with Gasteiger partial charge >= 0.3 is 23.9 Å². The molecule has 1 rings (SSSR count). The highest BCUT2D eigenvalue weighted by atomic mass is 19.4. The molecule has 2 amide bonds. The molecule has 1 aromatic carbocycles. The zero-order valence-electron chi connectivity index (χ0n) is 13.5. The number of halogens is 3. The molecule has 0 aliphatic heterocycles. The van der Waals surface area contributed by atoms with E-state index in [1.807, 2.05) is 6.92 Å². The van der Waals surface area contributed by atoms with Crippen molar-refractivity contribution in [3.8, 4) is 0 Å². The molecule has 9 heteroatoms. The Kier molecular flexibility index (Phi) is 6.59. The predicted molar refractivity (Wildman–Crippen MR) is 80.4 cm³/mol. The number of carbonyl (C=O) groups is 2. The van der Waals surface area contributed by atoms with Crippen molar-refractivity contribution in [2.75, 3.05) is 18.5 Å². The second-order valence-electron chi connectivity index (χ2n) is 4.78. The van der Waals surface area contributed by atoms with Crippen LogP contribution in [-0.2, 0) is 14.3 Å². The second kappa shape index (κ2) is 8.00. The molecular weight excluding hydrogens is 329 g/mol. The Morgan fingerprint density at radius 2 is 1.67 bits per heavy atom. The quantitative estimate of drug-likeness (QED) is 0.612. The minimum atomic E-state index is -5.21. The Balaban J connectivity index is 3.04. The van der Waals surface area contributed by atoms with Gasteiger partial charge in [-0.1, -0.05) is 17.7 Å². The minimum absolute atomic E-state index is 0.259. The number of hydrogen-bond donors (Lipinski definition) is 2. The third kappa shape index (κ3) is 4.60. The van der Waals surface area contributed by atoms with Gasteiger partial charge in [0, 0.05) is 12.3 Å². The van der Waals surface area contributed by atoms with E-state index in [2.05, 4.69) is 14.8 Å². The number of carbonyl (C=O) groups excluding carboxylic acids is 2. The third-order valence-corrected chi connectivity index (χ3v) is 2.92. The zero-order valence-corrected chi connectivity index (χ0v) is 13.5. The van der Waals surface area contributed by atoms with Crippen LogP contribution in [0.2, 0.25) is 0 Å². The first-order valence-electron chi connectivity index (χ1n) is 7.20. The van der Waals surface area contributed by atoms with Gasteiger partial charge in [0.2, 0.25) is 0 Å². The number of ether oxygens (including phenoxy) is 2. The molecule has 0 aliphatic rings. The largest absolute Gasteiger partial charge is 0.462 e. The van der Waals surface area contributed by atoms with Gasteiger partial charge in [0.25, 0.3) is 0 Å². The summed E-state index contributed by atoms with van der Waals surface area (Å²) in [7, 11) is 0. The molecule has 0 saturated heterocycles. The predicted octanol–water partition coefficient (Wildman–Crippen LogP) is 2.97. The lowest BCUT2D eigenvalue weighted by Crippen LogP contribution is -2.67. The van der Waals surface area contributed by atoms with Gasteiger partial charge in [0.1, 0.15) is 0 Å². The second-order valence-corrected chi connectivity index (χ2v) is 4.78. The van der Waals surface area contributed by atoms with Crippen LogP contribution in [0.5, 0.6) is 0 Å². The highest BCUT2D eigenvalue weighted by Gasteiger charge is 2.64. The maximum atomic E-state index is 13.4. The smallest absolute Gasteiger partial charge is 0.448 e. The molecule has 0 spiro atoms. The van der Waals surface area contributed by atoms with E-state index >= 15 is 0 Å². The van der Waals surface area contributed by atoms with Gasteiger partial charge in [-0.15, -0.1) is 0 Å². The van der Waals surface area contributed by atoms with Gasteiger partial charge in [0.05, 0.1) is 6.61 Å². The lowest BCUT2D eigenvalue weighted by atomic mass is 10.2. The molecule has 24 heavy (non-hydrogen) atoms. The number of benzene rings is 1. The average molecular weight is 348 g/mol. The Labute approximate surface area is 137 Å². The van der Waals surface area contributed by atoms with Crippen LogP contribution >= 0.6 is 0 Å². The summed E-state index contributed by atoms with van der Waals surface area (Å²) in [6, 6.07) is 5.10. The zero-order chi connectivity index (χ0) is 18.4. The standard InChI is InChI=1S/C15H19F3N2O4/c1-4-23-12(21)14(24-5-2,15(16,17)18)20-13(22)19-11-8-6-10(3)7-9-11/h6-9H,4-5H2,1-3H3,(H2,19,20,22)/t14-/m1/s1. The third-order valence-electron chi connectivity index (χ3n) is 2.92. The van der Waals surface area contributed by atoms with E-state index in [0.717, 1.165) is 5.56 Å². The van der Waals surface area contributed by atoms with Gasteiger partial charge in [-0.3, -0.25) is 5.32 Å². The molecule has 1 aromatic rings. The fourth-order valence-electron chi connectivity index (χ4n) is 1.82. The van der Waals surface area contributed by atoms with E-state index in [0.29, 0.717) is 0 Å². The molecule has 0 unspecified atom stereocenters. The number of hydrogen-bond acceptors (Lipinski definition) is 4. The number of urea groups is 1. The lowest BCUT2D eigenvalue weighted by molar-refractivity contribution is -0.282. The topological polar surface area (TPSA) is 76.7 Å². The monoisotopic (exact) mass is 348 g/mol. The SMILES string of the molecule is CCOC(=O)[C@@](NC(=O)Nc1ccc(C)cc1)(OCC)C(F)(F)F. The van der Waals surface area contributed by atoms with Crippen LogP contribution in [-0.4, -0.2) is 37.1 Å². The summed E-state index contributed by atoms with van der Waals surface area (Å²) in [6.45, 7) is 3.65. The summed E-state index contributed by atoms with van der Waals surface area (Å²) < 4.78 is 49.3. The van der Waals surface area contributed by atoms with Crippen molar-refractivity contribution in [2.45, 2.75) is 32.7 Å². The van der Waals surface area contributed by atoms with Crippen molar-refractivity contribution >= 4 is 17.7 Å². The summed E-state index contributed by atoms with van der Waals surface area (Å²) in [5, 5.41) is 3.76. The summed E-state index contributed by atoms with van der Waals surface area (Å²) in [5.74, 6) is -1.74. The van der Waals surface area contributed by atoms with Crippen LogP contribution in [0, 0.1) is 6.92 Å². The number of rotatable bonds is 6. The molecule has 0 aromatic heterocycles. The number of amides is 2. The molecular formula is C15H19F3N2O4. The van der Waals surface area contributed by atoms with Gasteiger partial charge in [-0.05, 0) is 32.9 Å². The van der Waals surface area contributed by atoms with Crippen molar-refractivity contribution in [1.29, 1.82) is 0 Å². The first-order valence-corrected chi connectivity index (χ1v) is 7.20.